The van der Waals surface area contributed by atoms with Crippen molar-refractivity contribution in [3.8, 4) is 0 Å². The van der Waals surface area contributed by atoms with Gasteiger partial charge in [-0.3, -0.25) is 0 Å². The molecule has 0 saturated carbocycles. The lowest BCUT2D eigenvalue weighted by atomic mass is 9.97. The van der Waals surface area contributed by atoms with E-state index in [2.05, 4.69) is 43.4 Å². The van der Waals surface area contributed by atoms with Gasteiger partial charge in [-0.25, -0.2) is 0 Å². The van der Waals surface area contributed by atoms with Gasteiger partial charge in [0.25, 0.3) is 0 Å². The summed E-state index contributed by atoms with van der Waals surface area (Å²) in [5.41, 5.74) is 3.51. The average Bonchev–Trinajstić information content (AvgIpc) is 2.38. The standard InChI is InChI=1S/C16H17Cl2N/c1-3-19-16(12-6-4-11(2)5-7-12)14-9-8-13(17)10-15(14)18/h4-10,16,19H,3H2,1-2H3. The van der Waals surface area contributed by atoms with Crippen LogP contribution >= 0.6 is 23.2 Å². The number of nitrogens with one attached hydrogen (secondary N) is 1. The molecule has 0 spiro atoms. The Labute approximate surface area is 124 Å². The van der Waals surface area contributed by atoms with Crippen LogP contribution in [0.15, 0.2) is 42.5 Å². The molecular weight excluding hydrogens is 277 g/mol. The molecule has 0 aliphatic carbocycles. The Morgan fingerprint density at radius 1 is 1.05 bits per heavy atom. The summed E-state index contributed by atoms with van der Waals surface area (Å²) in [7, 11) is 0. The fraction of sp³-hybridized carbons (Fsp3) is 0.250. The minimum atomic E-state index is 0.0929. The second-order valence-corrected chi connectivity index (χ2v) is 5.41. The number of rotatable bonds is 4. The van der Waals surface area contributed by atoms with Crippen LogP contribution in [0.3, 0.4) is 0 Å². The highest BCUT2D eigenvalue weighted by Crippen LogP contribution is 2.30. The molecule has 1 unspecified atom stereocenters. The van der Waals surface area contributed by atoms with Crippen molar-refractivity contribution < 1.29 is 0 Å². The Balaban J connectivity index is 2.41. The zero-order valence-corrected chi connectivity index (χ0v) is 12.6. The summed E-state index contributed by atoms with van der Waals surface area (Å²) in [6.45, 7) is 5.05. The van der Waals surface area contributed by atoms with Gasteiger partial charge < -0.3 is 5.32 Å². The molecule has 1 N–H and O–H groups in total. The van der Waals surface area contributed by atoms with Gasteiger partial charge in [0.15, 0.2) is 0 Å². The molecule has 2 aromatic carbocycles. The third kappa shape index (κ3) is 3.50. The lowest BCUT2D eigenvalue weighted by Crippen LogP contribution is -2.22. The molecule has 1 nitrogen and oxygen atoms in total. The zero-order chi connectivity index (χ0) is 13.8. The largest absolute Gasteiger partial charge is 0.306 e. The van der Waals surface area contributed by atoms with Gasteiger partial charge in [-0.2, -0.15) is 0 Å². The summed E-state index contributed by atoms with van der Waals surface area (Å²) in [4.78, 5) is 0. The van der Waals surface area contributed by atoms with Crippen molar-refractivity contribution in [1.82, 2.24) is 5.32 Å². The molecule has 0 amide bonds. The van der Waals surface area contributed by atoms with Gasteiger partial charge in [-0.1, -0.05) is 66.0 Å². The molecule has 0 radical (unpaired) electrons. The molecule has 0 heterocycles. The highest BCUT2D eigenvalue weighted by molar-refractivity contribution is 6.35. The molecule has 2 rings (SSSR count). The SMILES string of the molecule is CCNC(c1ccc(C)cc1)c1ccc(Cl)cc1Cl. The zero-order valence-electron chi connectivity index (χ0n) is 11.1. The van der Waals surface area contributed by atoms with E-state index < -0.39 is 0 Å². The summed E-state index contributed by atoms with van der Waals surface area (Å²) in [5, 5.41) is 4.82. The first-order valence-electron chi connectivity index (χ1n) is 6.36. The molecule has 1 atom stereocenters. The van der Waals surface area contributed by atoms with Crippen LogP contribution in [0.25, 0.3) is 0 Å². The Bertz CT molecular complexity index is 549. The van der Waals surface area contributed by atoms with Crippen molar-refractivity contribution in [1.29, 1.82) is 0 Å². The number of hydrogen-bond acceptors (Lipinski definition) is 1. The summed E-state index contributed by atoms with van der Waals surface area (Å²) < 4.78 is 0. The maximum atomic E-state index is 6.32. The van der Waals surface area contributed by atoms with Crippen molar-refractivity contribution >= 4 is 23.2 Å². The molecule has 19 heavy (non-hydrogen) atoms. The Morgan fingerprint density at radius 2 is 1.74 bits per heavy atom. The number of benzene rings is 2. The second kappa shape index (κ2) is 6.42. The van der Waals surface area contributed by atoms with E-state index >= 15 is 0 Å². The predicted octanol–water partition coefficient (Wildman–Crippen LogP) is 5.00. The van der Waals surface area contributed by atoms with Gasteiger partial charge in [0.2, 0.25) is 0 Å². The monoisotopic (exact) mass is 293 g/mol. The number of halogens is 2. The maximum absolute atomic E-state index is 6.32. The normalized spacial score (nSPS) is 12.4. The summed E-state index contributed by atoms with van der Waals surface area (Å²) in [6.07, 6.45) is 0. The van der Waals surface area contributed by atoms with Crippen LogP contribution in [0.2, 0.25) is 10.0 Å². The van der Waals surface area contributed by atoms with Crippen LogP contribution in [0.1, 0.15) is 29.7 Å². The van der Waals surface area contributed by atoms with Crippen LogP contribution in [0.4, 0.5) is 0 Å². The Kier molecular flexibility index (Phi) is 4.87. The molecule has 100 valence electrons. The van der Waals surface area contributed by atoms with Crippen molar-refractivity contribution in [3.05, 3.63) is 69.2 Å². The highest BCUT2D eigenvalue weighted by Gasteiger charge is 2.16. The van der Waals surface area contributed by atoms with Gasteiger partial charge >= 0.3 is 0 Å². The number of hydrogen-bond donors (Lipinski definition) is 1. The highest BCUT2D eigenvalue weighted by atomic mass is 35.5. The summed E-state index contributed by atoms with van der Waals surface area (Å²) in [6, 6.07) is 14.2. The third-order valence-electron chi connectivity index (χ3n) is 3.09. The lowest BCUT2D eigenvalue weighted by Gasteiger charge is -2.20. The predicted molar refractivity (Wildman–Crippen MR) is 83.2 cm³/mol. The van der Waals surface area contributed by atoms with E-state index in [0.717, 1.165) is 12.1 Å². The summed E-state index contributed by atoms with van der Waals surface area (Å²) >= 11 is 12.3. The van der Waals surface area contributed by atoms with Crippen LogP contribution < -0.4 is 5.32 Å². The molecular formula is C16H17Cl2N. The van der Waals surface area contributed by atoms with E-state index in [1.165, 1.54) is 11.1 Å². The quantitative estimate of drug-likeness (QED) is 0.836. The van der Waals surface area contributed by atoms with Crippen LogP contribution in [-0.2, 0) is 0 Å². The van der Waals surface area contributed by atoms with Crippen LogP contribution in [0.5, 0.6) is 0 Å². The fourth-order valence-corrected chi connectivity index (χ4v) is 2.62. The molecule has 3 heteroatoms. The van der Waals surface area contributed by atoms with Gasteiger partial charge in [0.1, 0.15) is 0 Å². The minimum absolute atomic E-state index is 0.0929. The van der Waals surface area contributed by atoms with E-state index in [9.17, 15) is 0 Å². The van der Waals surface area contributed by atoms with Crippen LogP contribution in [-0.4, -0.2) is 6.54 Å². The van der Waals surface area contributed by atoms with E-state index in [0.29, 0.717) is 10.0 Å². The fourth-order valence-electron chi connectivity index (χ4n) is 2.11. The van der Waals surface area contributed by atoms with E-state index in [-0.39, 0.29) is 6.04 Å². The van der Waals surface area contributed by atoms with Crippen molar-refractivity contribution in [2.24, 2.45) is 0 Å². The molecule has 0 saturated heterocycles. The molecule has 0 fully saturated rings. The summed E-state index contributed by atoms with van der Waals surface area (Å²) in [5.74, 6) is 0. The molecule has 0 bridgehead atoms. The number of aryl methyl sites for hydroxylation is 1. The topological polar surface area (TPSA) is 12.0 Å². The average molecular weight is 294 g/mol. The van der Waals surface area contributed by atoms with E-state index in [4.69, 9.17) is 23.2 Å². The second-order valence-electron chi connectivity index (χ2n) is 4.57. The van der Waals surface area contributed by atoms with Gasteiger partial charge in [0, 0.05) is 10.0 Å². The van der Waals surface area contributed by atoms with Gasteiger partial charge in [-0.05, 0) is 36.7 Å². The van der Waals surface area contributed by atoms with E-state index in [1.807, 2.05) is 12.1 Å². The van der Waals surface area contributed by atoms with Crippen molar-refractivity contribution in [2.75, 3.05) is 6.54 Å². The first-order valence-corrected chi connectivity index (χ1v) is 7.12. The minimum Gasteiger partial charge on any atom is -0.306 e. The van der Waals surface area contributed by atoms with Crippen molar-refractivity contribution in [3.63, 3.8) is 0 Å². The molecule has 0 aliphatic rings. The van der Waals surface area contributed by atoms with Gasteiger partial charge in [-0.15, -0.1) is 0 Å². The molecule has 0 aromatic heterocycles. The van der Waals surface area contributed by atoms with Gasteiger partial charge in [0.05, 0.1) is 6.04 Å². The Morgan fingerprint density at radius 3 is 2.32 bits per heavy atom. The first-order chi connectivity index (χ1) is 9.11. The molecule has 2 aromatic rings. The van der Waals surface area contributed by atoms with Crippen LogP contribution in [0, 0.1) is 6.92 Å². The maximum Gasteiger partial charge on any atom is 0.0591 e. The van der Waals surface area contributed by atoms with Crippen molar-refractivity contribution in [2.45, 2.75) is 19.9 Å². The lowest BCUT2D eigenvalue weighted by molar-refractivity contribution is 0.631. The molecule has 0 aliphatic heterocycles. The first kappa shape index (κ1) is 14.4. The van der Waals surface area contributed by atoms with E-state index in [1.54, 1.807) is 6.07 Å². The smallest absolute Gasteiger partial charge is 0.0591 e. The third-order valence-corrected chi connectivity index (χ3v) is 3.65. The Hall–Kier alpha value is -1.02.